The highest BCUT2D eigenvalue weighted by Crippen LogP contribution is 2.49. The van der Waals surface area contributed by atoms with Crippen LogP contribution >= 0.6 is 0 Å². The van der Waals surface area contributed by atoms with Gasteiger partial charge in [-0.1, -0.05) is 231 Å². The van der Waals surface area contributed by atoms with Crippen LogP contribution in [0, 0.1) is 0 Å². The van der Waals surface area contributed by atoms with Gasteiger partial charge in [-0.05, 0) is 192 Å². The van der Waals surface area contributed by atoms with E-state index in [1.165, 1.54) is 98.0 Å². The molecule has 0 saturated heterocycles. The molecule has 2 aromatic heterocycles. The molecule has 0 radical (unpaired) electrons. The molecule has 18 aromatic rings. The molecule has 0 atom stereocenters. The smallest absolute Gasteiger partial charge is 0.143 e. The largest absolute Gasteiger partial charge is 0.455 e. The van der Waals surface area contributed by atoms with Crippen molar-refractivity contribution in [2.45, 2.75) is 0 Å². The van der Waals surface area contributed by atoms with Crippen LogP contribution in [0.15, 0.2) is 300 Å². The van der Waals surface area contributed by atoms with Crippen molar-refractivity contribution >= 4 is 119 Å². The molecule has 0 unspecified atom stereocenters. The van der Waals surface area contributed by atoms with E-state index < -0.39 is 0 Å². The minimum absolute atomic E-state index is 0.882. The Labute approximate surface area is 483 Å². The maximum Gasteiger partial charge on any atom is 0.143 e. The second-order valence-corrected chi connectivity index (χ2v) is 22.6. The van der Waals surface area contributed by atoms with Crippen molar-refractivity contribution in [2.24, 2.45) is 0 Å². The number of rotatable bonds is 6. The quantitative estimate of drug-likeness (QED) is 0.155. The first-order valence-electron chi connectivity index (χ1n) is 28.9. The molecule has 0 aliphatic rings. The Bertz CT molecular complexity index is 5800. The van der Waals surface area contributed by atoms with E-state index in [4.69, 9.17) is 8.83 Å². The fourth-order valence-electron chi connectivity index (χ4n) is 14.1. The van der Waals surface area contributed by atoms with Crippen molar-refractivity contribution in [1.29, 1.82) is 0 Å². The Kier molecular flexibility index (Phi) is 10.1. The van der Waals surface area contributed by atoms with Gasteiger partial charge in [0.25, 0.3) is 0 Å². The summed E-state index contributed by atoms with van der Waals surface area (Å²) < 4.78 is 13.6. The van der Waals surface area contributed by atoms with Crippen LogP contribution in [-0.2, 0) is 0 Å². The summed E-state index contributed by atoms with van der Waals surface area (Å²) in [4.78, 5) is 0. The van der Waals surface area contributed by atoms with Gasteiger partial charge >= 0.3 is 0 Å². The van der Waals surface area contributed by atoms with Crippen molar-refractivity contribution in [3.63, 3.8) is 0 Å². The average molecular weight is 1070 g/mol. The third-order valence-electron chi connectivity index (χ3n) is 18.0. The lowest BCUT2D eigenvalue weighted by atomic mass is 9.83. The second kappa shape index (κ2) is 18.2. The molecule has 2 heteroatoms. The molecular weight excluding hydrogens is 1020 g/mol. The fourth-order valence-corrected chi connectivity index (χ4v) is 14.1. The molecule has 0 N–H and O–H groups in total. The minimum Gasteiger partial charge on any atom is -0.455 e. The van der Waals surface area contributed by atoms with E-state index in [2.05, 4.69) is 291 Å². The monoisotopic (exact) mass is 1060 g/mol. The zero-order chi connectivity index (χ0) is 55.0. The second-order valence-electron chi connectivity index (χ2n) is 22.6. The molecule has 0 saturated carbocycles. The normalized spacial score (nSPS) is 12.0. The van der Waals surface area contributed by atoms with Gasteiger partial charge in [0.1, 0.15) is 22.3 Å². The van der Waals surface area contributed by atoms with E-state index in [1.807, 2.05) is 0 Å². The summed E-state index contributed by atoms with van der Waals surface area (Å²) in [6.45, 7) is 0. The average Bonchev–Trinajstić information content (AvgIpc) is 1.24. The van der Waals surface area contributed by atoms with Crippen molar-refractivity contribution < 1.29 is 8.83 Å². The van der Waals surface area contributed by atoms with Crippen molar-refractivity contribution in [2.75, 3.05) is 0 Å². The summed E-state index contributed by atoms with van der Waals surface area (Å²) in [5, 5.41) is 21.2. The maximum atomic E-state index is 6.87. The van der Waals surface area contributed by atoms with Crippen molar-refractivity contribution in [3.8, 4) is 66.8 Å². The Balaban J connectivity index is 0.865. The highest BCUT2D eigenvalue weighted by atomic mass is 16.3. The highest BCUT2D eigenvalue weighted by Gasteiger charge is 2.23. The number of furan rings is 2. The standard InChI is InChI=1S/C82H48O2/c1-2-18-52(19-3-1)77-65-25-10-12-27-67(65)79(58-22-14-21-54(44-58)57-33-37-63-71-41-31-50-16-6-8-23-61(50)81(71)83-75(63)47-57)73-45-55(34-39-69(73)77)56-35-40-70-74(46-56)80(59-30-29-49-15-4-5-20-53(49)43-59)68-28-13-11-26-66(68)78(70)60-36-38-64-72-42-32-51-17-7-9-24-62(51)82(72)84-76(64)48-60/h1-48H. The van der Waals surface area contributed by atoms with Crippen LogP contribution in [0.1, 0.15) is 0 Å². The molecule has 2 nitrogen and oxygen atoms in total. The molecule has 84 heavy (non-hydrogen) atoms. The van der Waals surface area contributed by atoms with Gasteiger partial charge < -0.3 is 8.83 Å². The molecule has 16 aromatic carbocycles. The predicted molar refractivity (Wildman–Crippen MR) is 356 cm³/mol. The van der Waals surface area contributed by atoms with Gasteiger partial charge in [0.15, 0.2) is 0 Å². The van der Waals surface area contributed by atoms with Gasteiger partial charge in [-0.2, -0.15) is 0 Å². The summed E-state index contributed by atoms with van der Waals surface area (Å²) in [5.74, 6) is 0. The molecule has 2 heterocycles. The van der Waals surface area contributed by atoms with E-state index in [0.717, 1.165) is 88.0 Å². The first kappa shape index (κ1) is 46.7. The molecule has 0 fully saturated rings. The zero-order valence-corrected chi connectivity index (χ0v) is 45.5. The van der Waals surface area contributed by atoms with Crippen LogP contribution in [0.25, 0.3) is 186 Å². The van der Waals surface area contributed by atoms with Gasteiger partial charge in [-0.25, -0.2) is 0 Å². The Morgan fingerprint density at radius 1 is 0.155 bits per heavy atom. The Morgan fingerprint density at radius 2 is 0.488 bits per heavy atom. The SMILES string of the molecule is c1ccc(-c2c3ccccc3c(-c3cccc(-c4ccc5c(c4)oc4c6ccccc6ccc54)c3)c3cc(-c4ccc5c(-c6ccc7c(c6)oc6c8ccccc8ccc76)c6ccccc6c(-c6ccc7ccccc7c6)c5c4)ccc23)cc1. The number of benzene rings is 16. The van der Waals surface area contributed by atoms with E-state index in [0.29, 0.717) is 0 Å². The van der Waals surface area contributed by atoms with E-state index in [-0.39, 0.29) is 0 Å². The lowest BCUT2D eigenvalue weighted by Gasteiger charge is -2.20. The molecule has 0 spiro atoms. The maximum absolute atomic E-state index is 6.87. The van der Waals surface area contributed by atoms with Crippen LogP contribution in [0.3, 0.4) is 0 Å². The molecule has 0 amide bonds. The van der Waals surface area contributed by atoms with Gasteiger partial charge in [0, 0.05) is 32.3 Å². The molecule has 0 aliphatic carbocycles. The van der Waals surface area contributed by atoms with Crippen molar-refractivity contribution in [3.05, 3.63) is 291 Å². The summed E-state index contributed by atoms with van der Waals surface area (Å²) in [6, 6.07) is 107. The Morgan fingerprint density at radius 3 is 1.06 bits per heavy atom. The summed E-state index contributed by atoms with van der Waals surface area (Å²) in [6.07, 6.45) is 0. The van der Waals surface area contributed by atoms with E-state index in [1.54, 1.807) is 0 Å². The highest BCUT2D eigenvalue weighted by molar-refractivity contribution is 6.25. The molecular formula is C82H48O2. The van der Waals surface area contributed by atoms with E-state index in [9.17, 15) is 0 Å². The topological polar surface area (TPSA) is 26.3 Å². The lowest BCUT2D eigenvalue weighted by Crippen LogP contribution is -1.93. The number of hydrogen-bond donors (Lipinski definition) is 0. The van der Waals surface area contributed by atoms with Crippen LogP contribution in [0.2, 0.25) is 0 Å². The fraction of sp³-hybridized carbons (Fsp3) is 0. The number of hydrogen-bond acceptors (Lipinski definition) is 2. The van der Waals surface area contributed by atoms with Gasteiger partial charge in [-0.3, -0.25) is 0 Å². The number of fused-ring (bicyclic) bond motifs is 15. The van der Waals surface area contributed by atoms with Crippen LogP contribution in [0.4, 0.5) is 0 Å². The molecule has 0 bridgehead atoms. The predicted octanol–water partition coefficient (Wildman–Crippen LogP) is 23.6. The first-order valence-corrected chi connectivity index (χ1v) is 28.9. The third kappa shape index (κ3) is 7.11. The van der Waals surface area contributed by atoms with E-state index >= 15 is 0 Å². The van der Waals surface area contributed by atoms with Gasteiger partial charge in [-0.15, -0.1) is 0 Å². The van der Waals surface area contributed by atoms with Crippen LogP contribution in [0.5, 0.6) is 0 Å². The zero-order valence-electron chi connectivity index (χ0n) is 45.5. The Hall–Kier alpha value is -11.1. The lowest BCUT2D eigenvalue weighted by molar-refractivity contribution is 0.672. The molecule has 0 aliphatic heterocycles. The molecule has 388 valence electrons. The molecule has 18 rings (SSSR count). The van der Waals surface area contributed by atoms with Crippen LogP contribution < -0.4 is 0 Å². The minimum atomic E-state index is 0.882. The first-order chi connectivity index (χ1) is 41.6. The van der Waals surface area contributed by atoms with Gasteiger partial charge in [0.2, 0.25) is 0 Å². The third-order valence-corrected chi connectivity index (χ3v) is 18.0. The van der Waals surface area contributed by atoms with Crippen molar-refractivity contribution in [1.82, 2.24) is 0 Å². The van der Waals surface area contributed by atoms with Gasteiger partial charge in [0.05, 0.1) is 0 Å². The van der Waals surface area contributed by atoms with Crippen LogP contribution in [-0.4, -0.2) is 0 Å². The summed E-state index contributed by atoms with van der Waals surface area (Å²) in [7, 11) is 0. The summed E-state index contributed by atoms with van der Waals surface area (Å²) >= 11 is 0. The summed E-state index contributed by atoms with van der Waals surface area (Å²) in [5.41, 5.74) is 17.7.